The molecule has 1 aromatic carbocycles. The highest BCUT2D eigenvalue weighted by Gasteiger charge is 2.23. The third kappa shape index (κ3) is 2.24. The highest BCUT2D eigenvalue weighted by atomic mass is 16.5. The molecule has 1 aromatic heterocycles. The molecule has 1 atom stereocenters. The Balaban J connectivity index is 1.96. The third-order valence-corrected chi connectivity index (χ3v) is 4.78. The highest BCUT2D eigenvalue weighted by molar-refractivity contribution is 5.88. The number of H-pyrrole nitrogens is 1. The summed E-state index contributed by atoms with van der Waals surface area (Å²) in [6.45, 7) is 2.39. The number of para-hydroxylation sites is 1. The fourth-order valence-electron chi connectivity index (χ4n) is 3.58. The predicted molar refractivity (Wildman–Crippen MR) is 79.8 cm³/mol. The van der Waals surface area contributed by atoms with Crippen molar-refractivity contribution in [3.63, 3.8) is 0 Å². The second-order valence-corrected chi connectivity index (χ2v) is 5.81. The van der Waals surface area contributed by atoms with Crippen molar-refractivity contribution in [2.24, 2.45) is 5.92 Å². The molecule has 3 rings (SSSR count). The van der Waals surface area contributed by atoms with E-state index in [4.69, 9.17) is 4.74 Å². The van der Waals surface area contributed by atoms with Gasteiger partial charge in [-0.1, -0.05) is 38.3 Å². The zero-order chi connectivity index (χ0) is 13.2. The minimum atomic E-state index is 0.640. The molecule has 2 aromatic rings. The van der Waals surface area contributed by atoms with Crippen molar-refractivity contribution in [1.82, 2.24) is 4.98 Å². The summed E-state index contributed by atoms with van der Waals surface area (Å²) in [5.41, 5.74) is 2.60. The minimum absolute atomic E-state index is 0.640. The van der Waals surface area contributed by atoms with Gasteiger partial charge in [0, 0.05) is 11.6 Å². The Morgan fingerprint density at radius 3 is 2.74 bits per heavy atom. The van der Waals surface area contributed by atoms with Crippen LogP contribution >= 0.6 is 0 Å². The van der Waals surface area contributed by atoms with Crippen LogP contribution in [0.1, 0.15) is 50.5 Å². The maximum absolute atomic E-state index is 5.43. The number of aromatic amines is 1. The van der Waals surface area contributed by atoms with E-state index in [1.54, 1.807) is 7.11 Å². The van der Waals surface area contributed by atoms with E-state index < -0.39 is 0 Å². The Bertz CT molecular complexity index is 551. The number of benzene rings is 1. The van der Waals surface area contributed by atoms with Crippen molar-refractivity contribution in [1.29, 1.82) is 0 Å². The van der Waals surface area contributed by atoms with Gasteiger partial charge in [0.2, 0.25) is 0 Å². The minimum Gasteiger partial charge on any atom is -0.495 e. The van der Waals surface area contributed by atoms with Gasteiger partial charge < -0.3 is 9.72 Å². The van der Waals surface area contributed by atoms with Crippen LogP contribution in [0.4, 0.5) is 0 Å². The first-order valence-corrected chi connectivity index (χ1v) is 7.45. The largest absolute Gasteiger partial charge is 0.495 e. The normalized spacial score (nSPS) is 18.6. The van der Waals surface area contributed by atoms with Crippen LogP contribution in [-0.4, -0.2) is 12.1 Å². The van der Waals surface area contributed by atoms with Gasteiger partial charge in [-0.15, -0.1) is 0 Å². The molecule has 1 N–H and O–H groups in total. The summed E-state index contributed by atoms with van der Waals surface area (Å²) in [6.07, 6.45) is 9.19. The van der Waals surface area contributed by atoms with Crippen molar-refractivity contribution in [3.05, 3.63) is 30.0 Å². The van der Waals surface area contributed by atoms with Gasteiger partial charge in [0.05, 0.1) is 12.6 Å². The van der Waals surface area contributed by atoms with Crippen LogP contribution in [0.15, 0.2) is 24.4 Å². The molecule has 0 aliphatic heterocycles. The number of hydrogen-bond donors (Lipinski definition) is 1. The first kappa shape index (κ1) is 12.6. The molecule has 19 heavy (non-hydrogen) atoms. The fraction of sp³-hybridized carbons (Fsp3) is 0.529. The molecule has 2 nitrogen and oxygen atoms in total. The molecule has 1 unspecified atom stereocenters. The van der Waals surface area contributed by atoms with E-state index >= 15 is 0 Å². The summed E-state index contributed by atoms with van der Waals surface area (Å²) in [5.74, 6) is 2.43. The van der Waals surface area contributed by atoms with E-state index in [1.165, 1.54) is 43.1 Å². The van der Waals surface area contributed by atoms with E-state index in [-0.39, 0.29) is 0 Å². The van der Waals surface area contributed by atoms with E-state index in [0.717, 1.165) is 17.2 Å². The number of rotatable bonds is 3. The van der Waals surface area contributed by atoms with Crippen LogP contribution in [0.25, 0.3) is 10.9 Å². The smallest absolute Gasteiger partial charge is 0.142 e. The standard InChI is InChI=1S/C17H23NO/c1-12(13-7-4-3-5-8-13)15-11-18-17-14(15)9-6-10-16(17)19-2/h6,9-13,18H,3-5,7-8H2,1-2H3. The fourth-order valence-corrected chi connectivity index (χ4v) is 3.58. The number of hydrogen-bond acceptors (Lipinski definition) is 1. The Kier molecular flexibility index (Phi) is 3.50. The van der Waals surface area contributed by atoms with Crippen LogP contribution in [0.5, 0.6) is 5.75 Å². The van der Waals surface area contributed by atoms with Crippen molar-refractivity contribution in [3.8, 4) is 5.75 Å². The second-order valence-electron chi connectivity index (χ2n) is 5.81. The molecule has 1 fully saturated rings. The Hall–Kier alpha value is -1.44. The SMILES string of the molecule is COc1cccc2c(C(C)C3CCCCC3)c[nH]c12. The molecular weight excluding hydrogens is 234 g/mol. The molecule has 102 valence electrons. The molecule has 0 amide bonds. The number of aromatic nitrogens is 1. The molecular formula is C17H23NO. The monoisotopic (exact) mass is 257 g/mol. The van der Waals surface area contributed by atoms with Gasteiger partial charge >= 0.3 is 0 Å². The predicted octanol–water partition coefficient (Wildman–Crippen LogP) is 4.86. The summed E-state index contributed by atoms with van der Waals surface area (Å²) in [5, 5.41) is 1.33. The first-order valence-electron chi connectivity index (χ1n) is 7.45. The third-order valence-electron chi connectivity index (χ3n) is 4.78. The maximum atomic E-state index is 5.43. The van der Waals surface area contributed by atoms with Crippen LogP contribution < -0.4 is 4.74 Å². The van der Waals surface area contributed by atoms with Crippen LogP contribution in [0.3, 0.4) is 0 Å². The van der Waals surface area contributed by atoms with Crippen LogP contribution in [0, 0.1) is 5.92 Å². The molecule has 0 bridgehead atoms. The second kappa shape index (κ2) is 5.28. The average molecular weight is 257 g/mol. The number of fused-ring (bicyclic) bond motifs is 1. The Labute approximate surface area is 115 Å². The molecule has 1 heterocycles. The average Bonchev–Trinajstić information content (AvgIpc) is 2.91. The Morgan fingerprint density at radius 1 is 1.21 bits per heavy atom. The summed E-state index contributed by atoms with van der Waals surface area (Å²) in [7, 11) is 1.74. The maximum Gasteiger partial charge on any atom is 0.142 e. The van der Waals surface area contributed by atoms with Gasteiger partial charge in [-0.25, -0.2) is 0 Å². The van der Waals surface area contributed by atoms with E-state index in [9.17, 15) is 0 Å². The van der Waals surface area contributed by atoms with Crippen molar-refractivity contribution in [2.45, 2.75) is 44.9 Å². The van der Waals surface area contributed by atoms with Gasteiger partial charge in [0.1, 0.15) is 5.75 Å². The molecule has 0 saturated heterocycles. The van der Waals surface area contributed by atoms with Gasteiger partial charge in [0.15, 0.2) is 0 Å². The lowest BCUT2D eigenvalue weighted by Crippen LogP contribution is -2.13. The van der Waals surface area contributed by atoms with E-state index in [2.05, 4.69) is 30.2 Å². The number of ether oxygens (including phenoxy) is 1. The van der Waals surface area contributed by atoms with E-state index in [1.807, 2.05) is 6.07 Å². The lowest BCUT2D eigenvalue weighted by Gasteiger charge is -2.27. The molecule has 1 saturated carbocycles. The van der Waals surface area contributed by atoms with Gasteiger partial charge in [0.25, 0.3) is 0 Å². The number of methoxy groups -OCH3 is 1. The van der Waals surface area contributed by atoms with Crippen molar-refractivity contribution >= 4 is 10.9 Å². The topological polar surface area (TPSA) is 25.0 Å². The zero-order valence-corrected chi connectivity index (χ0v) is 11.9. The lowest BCUT2D eigenvalue weighted by atomic mass is 9.78. The van der Waals surface area contributed by atoms with Crippen LogP contribution in [0.2, 0.25) is 0 Å². The lowest BCUT2D eigenvalue weighted by molar-refractivity contribution is 0.317. The van der Waals surface area contributed by atoms with Gasteiger partial charge in [-0.3, -0.25) is 0 Å². The summed E-state index contributed by atoms with van der Waals surface area (Å²) in [6, 6.07) is 6.32. The highest BCUT2D eigenvalue weighted by Crippen LogP contribution is 2.39. The molecule has 2 heteroatoms. The molecule has 0 radical (unpaired) electrons. The molecule has 0 spiro atoms. The Morgan fingerprint density at radius 2 is 2.00 bits per heavy atom. The van der Waals surface area contributed by atoms with E-state index in [0.29, 0.717) is 5.92 Å². The molecule has 1 aliphatic carbocycles. The number of nitrogens with one attached hydrogen (secondary N) is 1. The summed E-state index contributed by atoms with van der Waals surface area (Å²) >= 11 is 0. The first-order chi connectivity index (χ1) is 9.31. The van der Waals surface area contributed by atoms with Gasteiger partial charge in [-0.05, 0) is 36.3 Å². The van der Waals surface area contributed by atoms with Crippen LogP contribution in [-0.2, 0) is 0 Å². The van der Waals surface area contributed by atoms with Gasteiger partial charge in [-0.2, -0.15) is 0 Å². The molecule has 1 aliphatic rings. The van der Waals surface area contributed by atoms with Crippen molar-refractivity contribution < 1.29 is 4.74 Å². The summed E-state index contributed by atoms with van der Waals surface area (Å²) < 4.78 is 5.43. The quantitative estimate of drug-likeness (QED) is 0.834. The van der Waals surface area contributed by atoms with Crippen molar-refractivity contribution in [2.75, 3.05) is 7.11 Å². The zero-order valence-electron chi connectivity index (χ0n) is 11.9. The summed E-state index contributed by atoms with van der Waals surface area (Å²) in [4.78, 5) is 3.40.